The van der Waals surface area contributed by atoms with E-state index in [4.69, 9.17) is 11.6 Å². The molecular weight excluding hydrogens is 205 g/mol. The predicted octanol–water partition coefficient (Wildman–Crippen LogP) is 2.30. The molecule has 0 N–H and O–H groups in total. The van der Waals surface area contributed by atoms with Gasteiger partial charge in [-0.15, -0.1) is 0 Å². The molecule has 0 nitrogen and oxygen atoms in total. The second kappa shape index (κ2) is 1.60. The van der Waals surface area contributed by atoms with E-state index in [1.54, 1.807) is 0 Å². The molecule has 0 aromatic heterocycles. The van der Waals surface area contributed by atoms with Crippen molar-refractivity contribution in [3.05, 3.63) is 0 Å². The molecule has 0 aliphatic carbocycles. The molecule has 0 saturated heterocycles. The van der Waals surface area contributed by atoms with Gasteiger partial charge in [0.05, 0.1) is 0 Å². The summed E-state index contributed by atoms with van der Waals surface area (Å²) in [5.74, 6) is 0. The largest absolute Gasteiger partial charge is 0.230 e. The summed E-state index contributed by atoms with van der Waals surface area (Å²) in [5.41, 5.74) is 0. The third-order valence-corrected chi connectivity index (χ3v) is 0. The van der Waals surface area contributed by atoms with E-state index >= 15 is 0 Å². The van der Waals surface area contributed by atoms with Crippen LogP contribution in [-0.4, -0.2) is 3.13 Å². The fraction of sp³-hybridized carbons (Fsp3) is 1.00. The molecule has 0 amide bonds. The molecule has 0 saturated carbocycles. The Morgan fingerprint density at radius 3 is 2.00 bits per heavy atom. The van der Waals surface area contributed by atoms with E-state index < -0.39 is 3.13 Å². The van der Waals surface area contributed by atoms with E-state index in [2.05, 4.69) is 0 Å². The molecule has 3 heteroatoms. The van der Waals surface area contributed by atoms with Gasteiger partial charge < -0.3 is 0 Å². The van der Waals surface area contributed by atoms with Gasteiger partial charge in [-0.05, 0) is 29.5 Å². The fourth-order valence-corrected chi connectivity index (χ4v) is 0. The summed E-state index contributed by atoms with van der Waals surface area (Å²) in [7, 11) is 0. The van der Waals surface area contributed by atoms with Crippen LogP contribution in [0.1, 0.15) is 6.92 Å². The highest BCUT2D eigenvalue weighted by Crippen LogP contribution is 2.23. The first-order valence-corrected chi connectivity index (χ1v) is 2.52. The molecule has 0 spiro atoms. The number of alkyl halides is 3. The first-order valence-electron chi connectivity index (χ1n) is 1.07. The summed E-state index contributed by atoms with van der Waals surface area (Å²) in [5, 5.41) is 0. The molecule has 32 valence electrons. The predicted molar refractivity (Wildman–Crippen MR) is 29.4 cm³/mol. The van der Waals surface area contributed by atoms with Crippen LogP contribution in [0.15, 0.2) is 0 Å². The van der Waals surface area contributed by atoms with E-state index in [-0.39, 0.29) is 0 Å². The molecule has 0 aromatic rings. The minimum atomic E-state index is -1.56. The van der Waals surface area contributed by atoms with Crippen molar-refractivity contribution >= 4 is 34.2 Å². The quantitative estimate of drug-likeness (QED) is 0.423. The Hall–Kier alpha value is 0.950. The molecule has 0 fully saturated rings. The van der Waals surface area contributed by atoms with Crippen molar-refractivity contribution in [2.75, 3.05) is 0 Å². The maximum atomic E-state index is 11.4. The Morgan fingerprint density at radius 2 is 2.00 bits per heavy atom. The minimum Gasteiger partial charge on any atom is -0.215 e. The van der Waals surface area contributed by atoms with E-state index in [1.807, 2.05) is 0 Å². The molecule has 0 aromatic carbocycles. The Labute approximate surface area is 48.8 Å². The molecule has 0 rings (SSSR count). The first kappa shape index (κ1) is 5.95. The van der Waals surface area contributed by atoms with Gasteiger partial charge in [-0.2, -0.15) is 0 Å². The topological polar surface area (TPSA) is 0 Å². The van der Waals surface area contributed by atoms with E-state index in [0.717, 1.165) is 0 Å². The van der Waals surface area contributed by atoms with E-state index in [9.17, 15) is 4.39 Å². The third kappa shape index (κ3) is 47.7. The zero-order valence-corrected chi connectivity index (χ0v) is 5.55. The van der Waals surface area contributed by atoms with Crippen molar-refractivity contribution in [1.29, 1.82) is 0 Å². The molecule has 0 radical (unpaired) electrons. The molecule has 0 aliphatic heterocycles. The average Bonchev–Trinajstić information content (AvgIpc) is 0.722. The summed E-state index contributed by atoms with van der Waals surface area (Å²) in [6, 6.07) is 0. The van der Waals surface area contributed by atoms with Crippen LogP contribution in [0.25, 0.3) is 0 Å². The average molecular weight is 208 g/mol. The SMILES string of the molecule is CC(F)(Cl)I. The van der Waals surface area contributed by atoms with Gasteiger partial charge in [-0.25, -0.2) is 4.39 Å². The van der Waals surface area contributed by atoms with Crippen LogP contribution in [0.5, 0.6) is 0 Å². The van der Waals surface area contributed by atoms with Gasteiger partial charge in [-0.1, -0.05) is 11.6 Å². The first-order chi connectivity index (χ1) is 2.00. The smallest absolute Gasteiger partial charge is 0.215 e. The van der Waals surface area contributed by atoms with Gasteiger partial charge in [0.25, 0.3) is 0 Å². The van der Waals surface area contributed by atoms with Crippen LogP contribution in [0.4, 0.5) is 4.39 Å². The van der Waals surface area contributed by atoms with Crippen LogP contribution >= 0.6 is 34.2 Å². The molecular formula is C2H3ClFI. The van der Waals surface area contributed by atoms with Gasteiger partial charge in [0, 0.05) is 0 Å². The highest BCUT2D eigenvalue weighted by atomic mass is 127. The summed E-state index contributed by atoms with van der Waals surface area (Å²) in [4.78, 5) is 0. The molecule has 1 atom stereocenters. The molecule has 0 heterocycles. The van der Waals surface area contributed by atoms with Crippen LogP contribution < -0.4 is 0 Å². The highest BCUT2D eigenvalue weighted by molar-refractivity contribution is 14.1. The highest BCUT2D eigenvalue weighted by Gasteiger charge is 2.08. The molecule has 5 heavy (non-hydrogen) atoms. The lowest BCUT2D eigenvalue weighted by atomic mass is 10.9. The Balaban J connectivity index is 3.02. The van der Waals surface area contributed by atoms with E-state index in [1.165, 1.54) is 29.5 Å². The Kier molecular flexibility index (Phi) is 1.90. The molecule has 1 unspecified atom stereocenters. The fourth-order valence-electron chi connectivity index (χ4n) is 0. The van der Waals surface area contributed by atoms with Gasteiger partial charge >= 0.3 is 0 Å². The molecule has 0 aliphatic rings. The lowest BCUT2D eigenvalue weighted by Gasteiger charge is -1.93. The van der Waals surface area contributed by atoms with E-state index in [0.29, 0.717) is 0 Å². The number of hydrogen-bond donors (Lipinski definition) is 0. The van der Waals surface area contributed by atoms with Crippen LogP contribution in [0.3, 0.4) is 0 Å². The lowest BCUT2D eigenvalue weighted by Crippen LogP contribution is -1.88. The number of rotatable bonds is 0. The normalized spacial score (nSPS) is 21.6. The number of hydrogen-bond acceptors (Lipinski definition) is 0. The van der Waals surface area contributed by atoms with Crippen LogP contribution in [-0.2, 0) is 0 Å². The molecule has 0 bridgehead atoms. The van der Waals surface area contributed by atoms with Crippen molar-refractivity contribution in [3.63, 3.8) is 0 Å². The Bertz CT molecular complexity index is 25.1. The minimum absolute atomic E-state index is 1.27. The van der Waals surface area contributed by atoms with Crippen molar-refractivity contribution in [2.24, 2.45) is 0 Å². The maximum absolute atomic E-state index is 11.4. The monoisotopic (exact) mass is 208 g/mol. The van der Waals surface area contributed by atoms with Crippen molar-refractivity contribution in [2.45, 2.75) is 10.1 Å². The third-order valence-electron chi connectivity index (χ3n) is 0. The van der Waals surface area contributed by atoms with Crippen molar-refractivity contribution in [1.82, 2.24) is 0 Å². The zero-order valence-electron chi connectivity index (χ0n) is 2.63. The summed E-state index contributed by atoms with van der Waals surface area (Å²) < 4.78 is 9.88. The summed E-state index contributed by atoms with van der Waals surface area (Å²) >= 11 is 6.33. The maximum Gasteiger partial charge on any atom is 0.230 e. The van der Waals surface area contributed by atoms with Gasteiger partial charge in [-0.3, -0.25) is 0 Å². The standard InChI is InChI=1S/C2H3ClFI/c1-2(3,4)5/h1H3. The van der Waals surface area contributed by atoms with Crippen molar-refractivity contribution < 1.29 is 4.39 Å². The van der Waals surface area contributed by atoms with Crippen LogP contribution in [0.2, 0.25) is 0 Å². The second-order valence-electron chi connectivity index (χ2n) is 0.781. The summed E-state index contributed by atoms with van der Waals surface area (Å²) in [6.07, 6.45) is 0. The second-order valence-corrected chi connectivity index (χ2v) is 4.15. The zero-order chi connectivity index (χ0) is 4.50. The van der Waals surface area contributed by atoms with Gasteiger partial charge in [0.1, 0.15) is 0 Å². The van der Waals surface area contributed by atoms with Crippen molar-refractivity contribution in [3.8, 4) is 0 Å². The Morgan fingerprint density at radius 1 is 2.00 bits per heavy atom. The van der Waals surface area contributed by atoms with Crippen LogP contribution in [0, 0.1) is 0 Å². The van der Waals surface area contributed by atoms with Gasteiger partial charge in [0.15, 0.2) is 0 Å². The lowest BCUT2D eigenvalue weighted by molar-refractivity contribution is 0.455. The summed E-state index contributed by atoms with van der Waals surface area (Å²) in [6.45, 7) is 1.27. The number of halogens is 3. The van der Waals surface area contributed by atoms with Gasteiger partial charge in [0.2, 0.25) is 3.13 Å².